The summed E-state index contributed by atoms with van der Waals surface area (Å²) >= 11 is 0. The third-order valence-electron chi connectivity index (χ3n) is 6.24. The van der Waals surface area contributed by atoms with E-state index < -0.39 is 0 Å². The highest BCUT2D eigenvalue weighted by atomic mass is 16.1. The number of amides is 1. The van der Waals surface area contributed by atoms with Crippen LogP contribution in [0.2, 0.25) is 0 Å². The maximum absolute atomic E-state index is 12.5. The standard InChI is InChI=1S/C24H28N4O2/c1-15-3-4-18-13-19(24(30)27-22(18)16(15)2)14-26-20-5-7-21(8-6-20)28-11-9-17(10-12-28)23(25)29/h3-8,13,17,26H,9-12,14H2,1-2H3,(H2,25,29)(H,27,30). The lowest BCUT2D eigenvalue weighted by Crippen LogP contribution is -2.38. The van der Waals surface area contributed by atoms with Gasteiger partial charge < -0.3 is 20.9 Å². The maximum atomic E-state index is 12.5. The zero-order valence-electron chi connectivity index (χ0n) is 17.5. The lowest BCUT2D eigenvalue weighted by Gasteiger charge is -2.32. The summed E-state index contributed by atoms with van der Waals surface area (Å²) in [6.45, 7) is 6.22. The summed E-state index contributed by atoms with van der Waals surface area (Å²) in [6, 6.07) is 14.3. The average Bonchev–Trinajstić information content (AvgIpc) is 2.76. The van der Waals surface area contributed by atoms with E-state index in [1.165, 1.54) is 5.56 Å². The van der Waals surface area contributed by atoms with Crippen molar-refractivity contribution in [2.75, 3.05) is 23.3 Å². The summed E-state index contributed by atoms with van der Waals surface area (Å²) in [5.41, 5.74) is 11.4. The molecule has 1 fully saturated rings. The minimum atomic E-state index is -0.192. The molecule has 4 rings (SSSR count). The van der Waals surface area contributed by atoms with Gasteiger partial charge in [0.1, 0.15) is 0 Å². The summed E-state index contributed by atoms with van der Waals surface area (Å²) in [7, 11) is 0. The van der Waals surface area contributed by atoms with E-state index in [0.29, 0.717) is 12.1 Å². The number of pyridine rings is 1. The molecule has 0 spiro atoms. The predicted octanol–water partition coefficient (Wildman–Crippen LogP) is 3.46. The lowest BCUT2D eigenvalue weighted by molar-refractivity contribution is -0.122. The fraction of sp³-hybridized carbons (Fsp3) is 0.333. The number of nitrogens with zero attached hydrogens (tertiary/aromatic N) is 1. The molecule has 1 aromatic heterocycles. The highest BCUT2D eigenvalue weighted by molar-refractivity contribution is 5.83. The Labute approximate surface area is 176 Å². The van der Waals surface area contributed by atoms with E-state index in [2.05, 4.69) is 33.4 Å². The number of piperidine rings is 1. The Balaban J connectivity index is 1.42. The number of rotatable bonds is 5. The molecule has 0 atom stereocenters. The average molecular weight is 405 g/mol. The van der Waals surface area contributed by atoms with Gasteiger partial charge in [-0.2, -0.15) is 0 Å². The quantitative estimate of drug-likeness (QED) is 0.607. The van der Waals surface area contributed by atoms with Crippen LogP contribution >= 0.6 is 0 Å². The third kappa shape index (κ3) is 4.03. The van der Waals surface area contributed by atoms with Crippen molar-refractivity contribution in [3.05, 3.63) is 69.5 Å². The van der Waals surface area contributed by atoms with Crippen LogP contribution in [-0.4, -0.2) is 24.0 Å². The van der Waals surface area contributed by atoms with Crippen molar-refractivity contribution < 1.29 is 4.79 Å². The van der Waals surface area contributed by atoms with Gasteiger partial charge in [0.2, 0.25) is 5.91 Å². The fourth-order valence-electron chi connectivity index (χ4n) is 4.11. The molecule has 0 radical (unpaired) electrons. The lowest BCUT2D eigenvalue weighted by atomic mass is 9.96. The number of aromatic nitrogens is 1. The maximum Gasteiger partial charge on any atom is 0.253 e. The first-order valence-electron chi connectivity index (χ1n) is 10.4. The normalized spacial score (nSPS) is 14.8. The van der Waals surface area contributed by atoms with Gasteiger partial charge in [0, 0.05) is 42.5 Å². The van der Waals surface area contributed by atoms with Gasteiger partial charge in [0.05, 0.1) is 5.52 Å². The van der Waals surface area contributed by atoms with Gasteiger partial charge in [-0.1, -0.05) is 12.1 Å². The van der Waals surface area contributed by atoms with Gasteiger partial charge in [-0.3, -0.25) is 9.59 Å². The summed E-state index contributed by atoms with van der Waals surface area (Å²) in [4.78, 5) is 29.2. The number of carbonyl (C=O) groups excluding carboxylic acids is 1. The topological polar surface area (TPSA) is 91.2 Å². The number of fused-ring (bicyclic) bond motifs is 1. The molecule has 6 nitrogen and oxygen atoms in total. The minimum Gasteiger partial charge on any atom is -0.381 e. The molecule has 1 amide bonds. The molecule has 6 heteroatoms. The SMILES string of the molecule is Cc1ccc2cc(CNc3ccc(N4CCC(C(N)=O)CC4)cc3)c(=O)[nH]c2c1C. The Morgan fingerprint density at radius 3 is 2.50 bits per heavy atom. The van der Waals surface area contributed by atoms with Crippen LogP contribution in [0, 0.1) is 19.8 Å². The number of primary amides is 1. The summed E-state index contributed by atoms with van der Waals surface area (Å²) in [5, 5.41) is 4.39. The summed E-state index contributed by atoms with van der Waals surface area (Å²) in [5.74, 6) is -0.196. The van der Waals surface area contributed by atoms with E-state index in [0.717, 1.165) is 53.8 Å². The van der Waals surface area contributed by atoms with Crippen molar-refractivity contribution >= 4 is 28.2 Å². The van der Waals surface area contributed by atoms with E-state index >= 15 is 0 Å². The minimum absolute atomic E-state index is 0.00469. The number of nitrogens with one attached hydrogen (secondary N) is 2. The molecule has 2 heterocycles. The predicted molar refractivity (Wildman–Crippen MR) is 122 cm³/mol. The molecule has 2 aromatic carbocycles. The zero-order chi connectivity index (χ0) is 21.3. The second-order valence-electron chi connectivity index (χ2n) is 8.16. The van der Waals surface area contributed by atoms with E-state index in [9.17, 15) is 9.59 Å². The molecule has 0 saturated carbocycles. The van der Waals surface area contributed by atoms with E-state index in [1.807, 2.05) is 38.1 Å². The van der Waals surface area contributed by atoms with Crippen molar-refractivity contribution in [1.29, 1.82) is 0 Å². The largest absolute Gasteiger partial charge is 0.381 e. The molecular weight excluding hydrogens is 376 g/mol. The zero-order valence-corrected chi connectivity index (χ0v) is 17.5. The van der Waals surface area contributed by atoms with Crippen molar-refractivity contribution in [2.24, 2.45) is 11.7 Å². The first-order chi connectivity index (χ1) is 14.4. The second-order valence-corrected chi connectivity index (χ2v) is 8.16. The van der Waals surface area contributed by atoms with E-state index in [-0.39, 0.29) is 17.4 Å². The number of carbonyl (C=O) groups is 1. The summed E-state index contributed by atoms with van der Waals surface area (Å²) in [6.07, 6.45) is 1.61. The van der Waals surface area contributed by atoms with Crippen LogP contribution in [0.4, 0.5) is 11.4 Å². The van der Waals surface area contributed by atoms with Crippen LogP contribution in [0.25, 0.3) is 10.9 Å². The highest BCUT2D eigenvalue weighted by Crippen LogP contribution is 2.25. The molecule has 156 valence electrons. The Morgan fingerprint density at radius 2 is 1.83 bits per heavy atom. The number of hydrogen-bond donors (Lipinski definition) is 3. The fourth-order valence-corrected chi connectivity index (χ4v) is 4.11. The first-order valence-corrected chi connectivity index (χ1v) is 10.4. The number of benzene rings is 2. The Morgan fingerprint density at radius 1 is 1.13 bits per heavy atom. The first kappa shape index (κ1) is 20.0. The van der Waals surface area contributed by atoms with Crippen molar-refractivity contribution in [1.82, 2.24) is 4.98 Å². The smallest absolute Gasteiger partial charge is 0.253 e. The van der Waals surface area contributed by atoms with Crippen LogP contribution in [-0.2, 0) is 11.3 Å². The molecule has 0 aliphatic carbocycles. The van der Waals surface area contributed by atoms with Gasteiger partial charge in [0.15, 0.2) is 0 Å². The molecule has 1 aliphatic rings. The van der Waals surface area contributed by atoms with Crippen LogP contribution in [0.3, 0.4) is 0 Å². The highest BCUT2D eigenvalue weighted by Gasteiger charge is 2.23. The molecule has 1 aliphatic heterocycles. The third-order valence-corrected chi connectivity index (χ3v) is 6.24. The molecule has 3 aromatic rings. The van der Waals surface area contributed by atoms with Gasteiger partial charge in [-0.15, -0.1) is 0 Å². The van der Waals surface area contributed by atoms with Crippen molar-refractivity contribution in [3.8, 4) is 0 Å². The second kappa shape index (κ2) is 8.22. The Bertz CT molecular complexity index is 1130. The number of hydrogen-bond acceptors (Lipinski definition) is 4. The molecule has 0 unspecified atom stereocenters. The van der Waals surface area contributed by atoms with Crippen molar-refractivity contribution in [2.45, 2.75) is 33.2 Å². The van der Waals surface area contributed by atoms with E-state index in [4.69, 9.17) is 5.73 Å². The molecule has 0 bridgehead atoms. The van der Waals surface area contributed by atoms with Gasteiger partial charge in [-0.25, -0.2) is 0 Å². The number of anilines is 2. The van der Waals surface area contributed by atoms with Gasteiger partial charge in [-0.05, 0) is 73.5 Å². The van der Waals surface area contributed by atoms with Gasteiger partial charge >= 0.3 is 0 Å². The number of aromatic amines is 1. The van der Waals surface area contributed by atoms with E-state index in [1.54, 1.807) is 0 Å². The van der Waals surface area contributed by atoms with Crippen LogP contribution < -0.4 is 21.5 Å². The molecule has 1 saturated heterocycles. The van der Waals surface area contributed by atoms with Gasteiger partial charge in [0.25, 0.3) is 5.56 Å². The number of nitrogens with two attached hydrogens (primary N) is 1. The molecule has 30 heavy (non-hydrogen) atoms. The number of aryl methyl sites for hydroxylation is 2. The summed E-state index contributed by atoms with van der Waals surface area (Å²) < 4.78 is 0. The molecule has 4 N–H and O–H groups in total. The van der Waals surface area contributed by atoms with Crippen molar-refractivity contribution in [3.63, 3.8) is 0 Å². The Kier molecular flexibility index (Phi) is 5.48. The monoisotopic (exact) mass is 404 g/mol. The Hall–Kier alpha value is -3.28. The van der Waals surface area contributed by atoms with Crippen LogP contribution in [0.1, 0.15) is 29.5 Å². The number of H-pyrrole nitrogens is 1. The van der Waals surface area contributed by atoms with Crippen LogP contribution in [0.5, 0.6) is 0 Å². The molecular formula is C24H28N4O2. The van der Waals surface area contributed by atoms with Crippen LogP contribution in [0.15, 0.2) is 47.3 Å².